The number of nitrogens with one attached hydrogen (secondary N) is 1. The highest BCUT2D eigenvalue weighted by Crippen LogP contribution is 2.25. The molecule has 0 heterocycles. The zero-order chi connectivity index (χ0) is 11.9. The molecule has 0 rings (SSSR count). The monoisotopic (exact) mass is 210 g/mol. The maximum Gasteiger partial charge on any atom is 0.0873 e. The molecular weight excluding hydrogens is 184 g/mol. The highest BCUT2D eigenvalue weighted by Gasteiger charge is 2.36. The molecule has 0 aliphatic carbocycles. The van der Waals surface area contributed by atoms with E-state index < -0.39 is 0 Å². The average molecular weight is 210 g/mol. The fourth-order valence-corrected chi connectivity index (χ4v) is 2.24. The van der Waals surface area contributed by atoms with E-state index in [0.717, 1.165) is 25.8 Å². The second-order valence-corrected chi connectivity index (χ2v) is 4.26. The van der Waals surface area contributed by atoms with E-state index in [2.05, 4.69) is 51.0 Å². The van der Waals surface area contributed by atoms with Gasteiger partial charge in [0, 0.05) is 5.54 Å². The van der Waals surface area contributed by atoms with Gasteiger partial charge in [-0.15, -0.1) is 6.42 Å². The summed E-state index contributed by atoms with van der Waals surface area (Å²) in [5.74, 6) is 2.91. The van der Waals surface area contributed by atoms with Gasteiger partial charge in [0.25, 0.3) is 0 Å². The zero-order valence-electron chi connectivity index (χ0n) is 10.9. The summed E-state index contributed by atoms with van der Waals surface area (Å²) in [6.45, 7) is 7.57. The minimum atomic E-state index is 0.0872. The van der Waals surface area contributed by atoms with E-state index in [4.69, 9.17) is 6.42 Å². The molecule has 0 aliphatic rings. The Morgan fingerprint density at radius 2 is 1.80 bits per heavy atom. The van der Waals surface area contributed by atoms with E-state index in [0.29, 0.717) is 0 Å². The quantitative estimate of drug-likeness (QED) is 0.647. The van der Waals surface area contributed by atoms with Crippen molar-refractivity contribution < 1.29 is 0 Å². The van der Waals surface area contributed by atoms with Gasteiger partial charge in [0.05, 0.1) is 6.04 Å². The highest BCUT2D eigenvalue weighted by molar-refractivity contribution is 5.12. The lowest BCUT2D eigenvalue weighted by atomic mass is 9.83. The topological polar surface area (TPSA) is 15.3 Å². The van der Waals surface area contributed by atoms with Crippen molar-refractivity contribution in [1.29, 1.82) is 0 Å². The van der Waals surface area contributed by atoms with Crippen LogP contribution in [0, 0.1) is 12.3 Å². The van der Waals surface area contributed by atoms with Crippen molar-refractivity contribution >= 4 is 0 Å². The molecule has 0 aromatic heterocycles. The van der Waals surface area contributed by atoms with E-state index in [-0.39, 0.29) is 11.6 Å². The summed E-state index contributed by atoms with van der Waals surface area (Å²) in [4.78, 5) is 2.26. The molecule has 2 nitrogen and oxygen atoms in total. The fraction of sp³-hybridized carbons (Fsp3) is 0.846. The Morgan fingerprint density at radius 3 is 2.07 bits per heavy atom. The molecule has 1 N–H and O–H groups in total. The van der Waals surface area contributed by atoms with Crippen molar-refractivity contribution in [2.45, 2.75) is 51.6 Å². The third-order valence-corrected chi connectivity index (χ3v) is 3.42. The molecule has 15 heavy (non-hydrogen) atoms. The highest BCUT2D eigenvalue weighted by atomic mass is 15.2. The first-order valence-electron chi connectivity index (χ1n) is 5.95. The van der Waals surface area contributed by atoms with Gasteiger partial charge in [-0.3, -0.25) is 0 Å². The molecule has 1 unspecified atom stereocenters. The first kappa shape index (κ1) is 14.5. The maximum absolute atomic E-state index is 5.65. The number of terminal acetylenes is 1. The van der Waals surface area contributed by atoms with E-state index in [1.807, 2.05) is 0 Å². The molecule has 0 fully saturated rings. The first-order valence-corrected chi connectivity index (χ1v) is 5.95. The Labute approximate surface area is 95.4 Å². The van der Waals surface area contributed by atoms with Crippen molar-refractivity contribution in [2.75, 3.05) is 20.6 Å². The molecule has 0 bridgehead atoms. The number of hydrogen-bond acceptors (Lipinski definition) is 2. The third-order valence-electron chi connectivity index (χ3n) is 3.42. The third kappa shape index (κ3) is 3.22. The van der Waals surface area contributed by atoms with Crippen LogP contribution in [0.15, 0.2) is 0 Å². The van der Waals surface area contributed by atoms with Crippen molar-refractivity contribution in [1.82, 2.24) is 10.2 Å². The predicted octanol–water partition coefficient (Wildman–Crippen LogP) is 2.11. The summed E-state index contributed by atoms with van der Waals surface area (Å²) in [6, 6.07) is 0.141. The van der Waals surface area contributed by atoms with Crippen LogP contribution in [0.4, 0.5) is 0 Å². The molecule has 0 amide bonds. The van der Waals surface area contributed by atoms with Gasteiger partial charge in [-0.2, -0.15) is 0 Å². The number of rotatable bonds is 7. The van der Waals surface area contributed by atoms with Gasteiger partial charge < -0.3 is 10.2 Å². The standard InChI is InChI=1S/C13H26N2/c1-7-11-14-12(8-2)13(9-3,10-4)15(5)6/h2,12,14H,7,9-11H2,1,3-6H3. The van der Waals surface area contributed by atoms with Crippen molar-refractivity contribution in [3.05, 3.63) is 0 Å². The summed E-state index contributed by atoms with van der Waals surface area (Å²) in [7, 11) is 4.23. The maximum atomic E-state index is 5.65. The first-order chi connectivity index (χ1) is 7.08. The lowest BCUT2D eigenvalue weighted by molar-refractivity contribution is 0.111. The molecule has 0 saturated heterocycles. The van der Waals surface area contributed by atoms with Gasteiger partial charge in [0.2, 0.25) is 0 Å². The molecule has 0 radical (unpaired) electrons. The van der Waals surface area contributed by atoms with Crippen molar-refractivity contribution in [3.63, 3.8) is 0 Å². The number of nitrogens with zero attached hydrogens (tertiary/aromatic N) is 1. The van der Waals surface area contributed by atoms with E-state index >= 15 is 0 Å². The minimum Gasteiger partial charge on any atom is -0.302 e. The summed E-state index contributed by atoms with van der Waals surface area (Å²) in [5, 5.41) is 3.47. The molecule has 0 aliphatic heterocycles. The van der Waals surface area contributed by atoms with Crippen LogP contribution in [0.25, 0.3) is 0 Å². The van der Waals surface area contributed by atoms with E-state index in [1.54, 1.807) is 0 Å². The van der Waals surface area contributed by atoms with E-state index in [1.165, 1.54) is 0 Å². The van der Waals surface area contributed by atoms with Crippen molar-refractivity contribution in [2.24, 2.45) is 0 Å². The lowest BCUT2D eigenvalue weighted by Gasteiger charge is -2.43. The summed E-state index contributed by atoms with van der Waals surface area (Å²) in [6.07, 6.45) is 8.91. The molecule has 0 aromatic rings. The Hall–Kier alpha value is -0.520. The van der Waals surface area contributed by atoms with Gasteiger partial charge in [-0.25, -0.2) is 0 Å². The second-order valence-electron chi connectivity index (χ2n) is 4.26. The molecule has 88 valence electrons. The fourth-order valence-electron chi connectivity index (χ4n) is 2.24. The Morgan fingerprint density at radius 1 is 1.27 bits per heavy atom. The number of likely N-dealkylation sites (N-methyl/N-ethyl adjacent to an activating group) is 1. The lowest BCUT2D eigenvalue weighted by Crippen LogP contribution is -2.58. The Balaban J connectivity index is 4.77. The van der Waals surface area contributed by atoms with Crippen LogP contribution >= 0.6 is 0 Å². The van der Waals surface area contributed by atoms with Crippen molar-refractivity contribution in [3.8, 4) is 12.3 Å². The second kappa shape index (κ2) is 6.87. The van der Waals surface area contributed by atoms with E-state index in [9.17, 15) is 0 Å². The van der Waals surface area contributed by atoms with Gasteiger partial charge in [-0.05, 0) is 39.9 Å². The zero-order valence-corrected chi connectivity index (χ0v) is 10.9. The van der Waals surface area contributed by atoms with Crippen LogP contribution in [-0.2, 0) is 0 Å². The molecule has 2 heteroatoms. The average Bonchev–Trinajstić information content (AvgIpc) is 2.24. The molecule has 1 atom stereocenters. The van der Waals surface area contributed by atoms with Gasteiger partial charge in [0.15, 0.2) is 0 Å². The largest absolute Gasteiger partial charge is 0.302 e. The van der Waals surface area contributed by atoms with Crippen LogP contribution in [-0.4, -0.2) is 37.1 Å². The van der Waals surface area contributed by atoms with Crippen LogP contribution in [0.5, 0.6) is 0 Å². The molecule has 0 saturated carbocycles. The summed E-state index contributed by atoms with van der Waals surface area (Å²) < 4.78 is 0. The van der Waals surface area contributed by atoms with Gasteiger partial charge in [0.1, 0.15) is 0 Å². The van der Waals surface area contributed by atoms with Gasteiger partial charge in [-0.1, -0.05) is 26.7 Å². The smallest absolute Gasteiger partial charge is 0.0873 e. The molecule has 0 spiro atoms. The summed E-state index contributed by atoms with van der Waals surface area (Å²) >= 11 is 0. The predicted molar refractivity (Wildman–Crippen MR) is 67.9 cm³/mol. The SMILES string of the molecule is C#CC(NCCC)C(CC)(CC)N(C)C. The summed E-state index contributed by atoms with van der Waals surface area (Å²) in [5.41, 5.74) is 0.0872. The van der Waals surface area contributed by atoms with Gasteiger partial charge >= 0.3 is 0 Å². The van der Waals surface area contributed by atoms with Crippen LogP contribution in [0.2, 0.25) is 0 Å². The Bertz CT molecular complexity index is 199. The Kier molecular flexibility index (Phi) is 6.63. The normalized spacial score (nSPS) is 13.9. The molecular formula is C13H26N2. The number of hydrogen-bond donors (Lipinski definition) is 1. The van der Waals surface area contributed by atoms with Crippen LogP contribution in [0.3, 0.4) is 0 Å². The van der Waals surface area contributed by atoms with Crippen LogP contribution < -0.4 is 5.32 Å². The van der Waals surface area contributed by atoms with Crippen LogP contribution in [0.1, 0.15) is 40.0 Å². The molecule has 0 aromatic carbocycles. The minimum absolute atomic E-state index is 0.0872.